The first-order chi connectivity index (χ1) is 8.61. The molecule has 90 valence electrons. The van der Waals surface area contributed by atoms with Crippen molar-refractivity contribution < 1.29 is 9.72 Å². The lowest BCUT2D eigenvalue weighted by Gasteiger charge is -2.04. The predicted molar refractivity (Wildman–Crippen MR) is 65.2 cm³/mol. The molecule has 1 aromatic heterocycles. The van der Waals surface area contributed by atoms with Crippen LogP contribution in [0.1, 0.15) is 16.1 Å². The number of aromatic nitrogens is 1. The van der Waals surface area contributed by atoms with Gasteiger partial charge in [0, 0.05) is 12.3 Å². The van der Waals surface area contributed by atoms with Gasteiger partial charge in [0.2, 0.25) is 5.78 Å². The molecule has 6 nitrogen and oxygen atoms in total. The Morgan fingerprint density at radius 1 is 1.22 bits per heavy atom. The second-order valence-electron chi connectivity index (χ2n) is 3.54. The molecule has 2 aromatic rings. The number of ketones is 1. The van der Waals surface area contributed by atoms with Gasteiger partial charge in [-0.1, -0.05) is 12.1 Å². The van der Waals surface area contributed by atoms with Gasteiger partial charge in [0.05, 0.1) is 10.5 Å². The van der Waals surface area contributed by atoms with E-state index >= 15 is 0 Å². The van der Waals surface area contributed by atoms with Gasteiger partial charge in [-0.3, -0.25) is 19.9 Å². The Labute approximate surface area is 102 Å². The maximum Gasteiger partial charge on any atom is 0.292 e. The molecule has 0 atom stereocenters. The van der Waals surface area contributed by atoms with Gasteiger partial charge in [0.1, 0.15) is 11.4 Å². The fourth-order valence-electron chi connectivity index (χ4n) is 1.55. The lowest BCUT2D eigenvalue weighted by molar-refractivity contribution is -0.383. The molecule has 2 N–H and O–H groups in total. The number of para-hydroxylation sites is 1. The van der Waals surface area contributed by atoms with Gasteiger partial charge < -0.3 is 5.73 Å². The van der Waals surface area contributed by atoms with Crippen LogP contribution in [0.2, 0.25) is 0 Å². The Morgan fingerprint density at radius 2 is 2.00 bits per heavy atom. The molecule has 0 amide bonds. The van der Waals surface area contributed by atoms with Crippen molar-refractivity contribution in [3.8, 4) is 0 Å². The van der Waals surface area contributed by atoms with Crippen LogP contribution in [0.3, 0.4) is 0 Å². The van der Waals surface area contributed by atoms with Crippen LogP contribution in [0.5, 0.6) is 0 Å². The minimum atomic E-state index is -0.621. The topological polar surface area (TPSA) is 99.1 Å². The smallest absolute Gasteiger partial charge is 0.292 e. The Morgan fingerprint density at radius 3 is 2.61 bits per heavy atom. The highest BCUT2D eigenvalue weighted by Crippen LogP contribution is 2.26. The third-order valence-corrected chi connectivity index (χ3v) is 2.42. The number of carbonyl (C=O) groups excluding carboxylic acids is 1. The highest BCUT2D eigenvalue weighted by Gasteiger charge is 2.20. The van der Waals surface area contributed by atoms with Crippen molar-refractivity contribution in [2.75, 3.05) is 5.73 Å². The SMILES string of the molecule is Nc1c(C(=O)c2ccccn2)cccc1[N+](=O)[O-]. The standard InChI is InChI=1S/C12H9N3O3/c13-11-8(4-3-6-10(11)15(17)18)12(16)9-5-1-2-7-14-9/h1-7H,13H2. The second-order valence-corrected chi connectivity index (χ2v) is 3.54. The Kier molecular flexibility index (Phi) is 3.01. The highest BCUT2D eigenvalue weighted by atomic mass is 16.6. The molecule has 18 heavy (non-hydrogen) atoms. The van der Waals surface area contributed by atoms with Gasteiger partial charge in [0.25, 0.3) is 5.69 Å². The van der Waals surface area contributed by atoms with Gasteiger partial charge in [-0.15, -0.1) is 0 Å². The van der Waals surface area contributed by atoms with E-state index in [1.165, 1.54) is 30.5 Å². The number of nitro benzene ring substituents is 1. The summed E-state index contributed by atoms with van der Waals surface area (Å²) < 4.78 is 0. The van der Waals surface area contributed by atoms with Crippen molar-refractivity contribution >= 4 is 17.2 Å². The molecular weight excluding hydrogens is 234 g/mol. The number of nitrogens with two attached hydrogens (primary N) is 1. The van der Waals surface area contributed by atoms with Crippen molar-refractivity contribution in [1.29, 1.82) is 0 Å². The summed E-state index contributed by atoms with van der Waals surface area (Å²) in [6.45, 7) is 0. The summed E-state index contributed by atoms with van der Waals surface area (Å²) in [5.41, 5.74) is 5.50. The van der Waals surface area contributed by atoms with E-state index in [4.69, 9.17) is 5.73 Å². The number of benzene rings is 1. The summed E-state index contributed by atoms with van der Waals surface area (Å²) in [4.78, 5) is 26.1. The van der Waals surface area contributed by atoms with Crippen LogP contribution in [0, 0.1) is 10.1 Å². The van der Waals surface area contributed by atoms with E-state index in [1.807, 2.05) is 0 Å². The van der Waals surface area contributed by atoms with Crippen LogP contribution in [0.15, 0.2) is 42.6 Å². The lowest BCUT2D eigenvalue weighted by atomic mass is 10.0. The highest BCUT2D eigenvalue weighted by molar-refractivity contribution is 6.11. The van der Waals surface area contributed by atoms with Crippen molar-refractivity contribution in [1.82, 2.24) is 4.98 Å². The molecule has 6 heteroatoms. The van der Waals surface area contributed by atoms with E-state index in [2.05, 4.69) is 4.98 Å². The Hall–Kier alpha value is -2.76. The summed E-state index contributed by atoms with van der Waals surface area (Å²) in [5.74, 6) is -0.434. The number of hydrogen-bond acceptors (Lipinski definition) is 5. The maximum absolute atomic E-state index is 12.1. The molecule has 0 saturated heterocycles. The molecule has 1 heterocycles. The number of nitrogen functional groups attached to an aromatic ring is 1. The van der Waals surface area contributed by atoms with Gasteiger partial charge in [-0.25, -0.2) is 0 Å². The Bertz CT molecular complexity index is 611. The van der Waals surface area contributed by atoms with Gasteiger partial charge in [-0.2, -0.15) is 0 Å². The molecule has 0 aliphatic heterocycles. The minimum Gasteiger partial charge on any atom is -0.393 e. The number of nitro groups is 1. The first kappa shape index (κ1) is 11.7. The summed E-state index contributed by atoms with van der Waals surface area (Å²) in [6.07, 6.45) is 1.47. The zero-order chi connectivity index (χ0) is 13.1. The second kappa shape index (κ2) is 4.62. The molecule has 0 spiro atoms. The van der Waals surface area contributed by atoms with Crippen molar-refractivity contribution in [3.63, 3.8) is 0 Å². The Balaban J connectivity index is 2.50. The van der Waals surface area contributed by atoms with E-state index in [1.54, 1.807) is 12.1 Å². The zero-order valence-corrected chi connectivity index (χ0v) is 9.24. The van der Waals surface area contributed by atoms with Crippen LogP contribution in [-0.4, -0.2) is 15.7 Å². The van der Waals surface area contributed by atoms with Crippen LogP contribution < -0.4 is 5.73 Å². The van der Waals surface area contributed by atoms with E-state index in [9.17, 15) is 14.9 Å². The molecule has 0 bridgehead atoms. The van der Waals surface area contributed by atoms with E-state index in [-0.39, 0.29) is 22.6 Å². The zero-order valence-electron chi connectivity index (χ0n) is 9.24. The number of anilines is 1. The van der Waals surface area contributed by atoms with Crippen LogP contribution >= 0.6 is 0 Å². The number of pyridine rings is 1. The van der Waals surface area contributed by atoms with E-state index < -0.39 is 10.7 Å². The third kappa shape index (κ3) is 2.03. The average Bonchev–Trinajstić information content (AvgIpc) is 2.39. The largest absolute Gasteiger partial charge is 0.393 e. The van der Waals surface area contributed by atoms with Gasteiger partial charge in [0.15, 0.2) is 0 Å². The van der Waals surface area contributed by atoms with Gasteiger partial charge in [-0.05, 0) is 18.2 Å². The molecule has 0 aliphatic carbocycles. The van der Waals surface area contributed by atoms with Gasteiger partial charge >= 0.3 is 0 Å². The number of nitrogens with zero attached hydrogens (tertiary/aromatic N) is 2. The molecule has 1 aromatic carbocycles. The number of rotatable bonds is 3. The van der Waals surface area contributed by atoms with Crippen LogP contribution in [0.25, 0.3) is 0 Å². The minimum absolute atomic E-state index is 0.0860. The summed E-state index contributed by atoms with van der Waals surface area (Å²) >= 11 is 0. The average molecular weight is 243 g/mol. The summed E-state index contributed by atoms with van der Waals surface area (Å²) in [7, 11) is 0. The van der Waals surface area contributed by atoms with Crippen LogP contribution in [-0.2, 0) is 0 Å². The fraction of sp³-hybridized carbons (Fsp3) is 0. The summed E-state index contributed by atoms with van der Waals surface area (Å²) in [6, 6.07) is 8.98. The lowest BCUT2D eigenvalue weighted by Crippen LogP contribution is -2.08. The summed E-state index contributed by atoms with van der Waals surface area (Å²) in [5, 5.41) is 10.7. The normalized spacial score (nSPS) is 10.0. The molecule has 0 fully saturated rings. The van der Waals surface area contributed by atoms with Crippen molar-refractivity contribution in [2.45, 2.75) is 0 Å². The van der Waals surface area contributed by atoms with E-state index in [0.717, 1.165) is 0 Å². The molecular formula is C12H9N3O3. The monoisotopic (exact) mass is 243 g/mol. The third-order valence-electron chi connectivity index (χ3n) is 2.42. The van der Waals surface area contributed by atoms with Crippen molar-refractivity contribution in [2.24, 2.45) is 0 Å². The van der Waals surface area contributed by atoms with Crippen LogP contribution in [0.4, 0.5) is 11.4 Å². The van der Waals surface area contributed by atoms with Crippen molar-refractivity contribution in [3.05, 3.63) is 64.0 Å². The first-order valence-corrected chi connectivity index (χ1v) is 5.10. The molecule has 0 radical (unpaired) electrons. The van der Waals surface area contributed by atoms with E-state index in [0.29, 0.717) is 0 Å². The molecule has 0 saturated carbocycles. The molecule has 0 aliphatic rings. The number of hydrogen-bond donors (Lipinski definition) is 1. The molecule has 2 rings (SSSR count). The quantitative estimate of drug-likeness (QED) is 0.383. The number of carbonyl (C=O) groups is 1. The first-order valence-electron chi connectivity index (χ1n) is 5.10. The fourth-order valence-corrected chi connectivity index (χ4v) is 1.55. The molecule has 0 unspecified atom stereocenters. The maximum atomic E-state index is 12.1. The predicted octanol–water partition coefficient (Wildman–Crippen LogP) is 1.80.